The molecule has 0 saturated carbocycles. The van der Waals surface area contributed by atoms with Gasteiger partial charge in [-0.15, -0.1) is 0 Å². The number of aliphatic hydroxyl groups is 1. The molecule has 0 spiro atoms. The second-order valence-electron chi connectivity index (χ2n) is 8.69. The van der Waals surface area contributed by atoms with Gasteiger partial charge in [0.05, 0.1) is 6.54 Å². The number of amides is 1. The largest absolute Gasteiger partial charge is 0.369 e. The molecule has 1 aliphatic heterocycles. The summed E-state index contributed by atoms with van der Waals surface area (Å²) in [7, 11) is -4.18. The number of aliphatic hydroxyl groups excluding tert-OH is 1. The molecule has 0 radical (unpaired) electrons. The minimum absolute atomic E-state index is 0.0178. The van der Waals surface area contributed by atoms with Crippen molar-refractivity contribution in [1.82, 2.24) is 14.6 Å². The van der Waals surface area contributed by atoms with Crippen LogP contribution < -0.4 is 10.0 Å². The highest BCUT2D eigenvalue weighted by atomic mass is 32.2. The van der Waals surface area contributed by atoms with Crippen LogP contribution in [0.15, 0.2) is 60.7 Å². The van der Waals surface area contributed by atoms with Crippen LogP contribution in [0.4, 0.5) is 8.78 Å². The number of benzene rings is 2. The highest BCUT2D eigenvalue weighted by molar-refractivity contribution is 7.92. The van der Waals surface area contributed by atoms with E-state index in [-0.39, 0.29) is 17.8 Å². The first-order chi connectivity index (χ1) is 17.2. The van der Waals surface area contributed by atoms with E-state index in [4.69, 9.17) is 0 Å². The molecule has 0 bridgehead atoms. The van der Waals surface area contributed by atoms with E-state index in [2.05, 4.69) is 11.9 Å². The van der Waals surface area contributed by atoms with Gasteiger partial charge in [0.2, 0.25) is 0 Å². The van der Waals surface area contributed by atoms with Gasteiger partial charge in [-0.25, -0.2) is 21.9 Å². The topological polar surface area (TPSA) is 100 Å². The number of halogens is 2. The van der Waals surface area contributed by atoms with Crippen molar-refractivity contribution >= 4 is 32.4 Å². The normalized spacial score (nSPS) is 17.0. The number of sulfonamides is 1. The van der Waals surface area contributed by atoms with Crippen molar-refractivity contribution in [3.05, 3.63) is 100 Å². The zero-order chi connectivity index (χ0) is 25.6. The van der Waals surface area contributed by atoms with Crippen LogP contribution >= 0.6 is 0 Å². The third-order valence-corrected chi connectivity index (χ3v) is 7.43. The fraction of sp³-hybridized carbons (Fsp3) is 0.192. The van der Waals surface area contributed by atoms with Gasteiger partial charge in [0.1, 0.15) is 17.3 Å². The van der Waals surface area contributed by atoms with E-state index < -0.39 is 33.8 Å². The first kappa shape index (κ1) is 24.0. The standard InChI is InChI=1S/C26H23F2N3O4S/c1-2-36(34,35)30-26(33)24-23(19-7-4-12-29-25(19)32)22-18-6-3-5-15(18)8-11-21(22)31(24)14-16-13-17(27)9-10-20(16)28/h2,4,7-13,25,29,32H,1,3,5-6,14H2,(H,30,33). The second-order valence-corrected chi connectivity index (χ2v) is 10.3. The first-order valence-electron chi connectivity index (χ1n) is 11.3. The predicted molar refractivity (Wildman–Crippen MR) is 132 cm³/mol. The van der Waals surface area contributed by atoms with Gasteiger partial charge in [-0.05, 0) is 66.9 Å². The lowest BCUT2D eigenvalue weighted by Gasteiger charge is -2.20. The SMILES string of the molecule is C=CS(=O)(=O)NC(=O)c1c(C2=CC=CNC2O)c2c3c(ccc2n1Cc1cc(F)ccc1F)CCC3. The Hall–Kier alpha value is -3.76. The van der Waals surface area contributed by atoms with Crippen LogP contribution in [0.1, 0.15) is 39.2 Å². The van der Waals surface area contributed by atoms with Crippen LogP contribution in [0.5, 0.6) is 0 Å². The highest BCUT2D eigenvalue weighted by Crippen LogP contribution is 2.40. The zero-order valence-electron chi connectivity index (χ0n) is 19.1. The Bertz CT molecular complexity index is 1590. The van der Waals surface area contributed by atoms with Crippen molar-refractivity contribution < 1.29 is 27.1 Å². The summed E-state index contributed by atoms with van der Waals surface area (Å²) < 4.78 is 56.7. The number of fused-ring (bicyclic) bond motifs is 3. The minimum Gasteiger partial charge on any atom is -0.369 e. The molecule has 3 aromatic rings. The molecule has 10 heteroatoms. The lowest BCUT2D eigenvalue weighted by atomic mass is 9.94. The predicted octanol–water partition coefficient (Wildman–Crippen LogP) is 3.48. The maximum absolute atomic E-state index is 14.7. The number of nitrogens with zero attached hydrogens (tertiary/aromatic N) is 1. The van der Waals surface area contributed by atoms with Gasteiger partial charge in [0.25, 0.3) is 15.9 Å². The van der Waals surface area contributed by atoms with E-state index in [0.717, 1.165) is 48.6 Å². The van der Waals surface area contributed by atoms with E-state index in [1.807, 2.05) is 10.8 Å². The Labute approximate surface area is 206 Å². The molecule has 5 rings (SSSR count). The molecule has 1 amide bonds. The molecule has 0 fully saturated rings. The Morgan fingerprint density at radius 1 is 1.25 bits per heavy atom. The van der Waals surface area contributed by atoms with Crippen molar-refractivity contribution in [1.29, 1.82) is 0 Å². The number of aryl methyl sites for hydroxylation is 2. The van der Waals surface area contributed by atoms with Crippen LogP contribution in [-0.2, 0) is 29.4 Å². The van der Waals surface area contributed by atoms with E-state index in [1.54, 1.807) is 24.4 Å². The summed E-state index contributed by atoms with van der Waals surface area (Å²) in [4.78, 5) is 13.5. The van der Waals surface area contributed by atoms with Crippen molar-refractivity contribution in [2.45, 2.75) is 32.0 Å². The molecule has 1 unspecified atom stereocenters. The minimum atomic E-state index is -4.18. The van der Waals surface area contributed by atoms with Gasteiger partial charge in [0, 0.05) is 33.0 Å². The summed E-state index contributed by atoms with van der Waals surface area (Å²) in [5.74, 6) is -2.30. The molecule has 2 aromatic carbocycles. The van der Waals surface area contributed by atoms with E-state index in [1.165, 1.54) is 4.57 Å². The van der Waals surface area contributed by atoms with Crippen LogP contribution in [0.25, 0.3) is 16.5 Å². The maximum atomic E-state index is 14.7. The van der Waals surface area contributed by atoms with Crippen molar-refractivity contribution in [3.63, 3.8) is 0 Å². The van der Waals surface area contributed by atoms with Gasteiger partial charge in [-0.3, -0.25) is 4.79 Å². The molecule has 2 aliphatic rings. The molecule has 1 aromatic heterocycles. The molecule has 1 atom stereocenters. The second kappa shape index (κ2) is 9.03. The number of allylic oxidation sites excluding steroid dienone is 2. The first-order valence-corrected chi connectivity index (χ1v) is 12.9. The molecule has 186 valence electrons. The Morgan fingerprint density at radius 3 is 2.81 bits per heavy atom. The van der Waals surface area contributed by atoms with Gasteiger partial charge in [-0.1, -0.05) is 18.7 Å². The van der Waals surface area contributed by atoms with Crippen LogP contribution in [0.3, 0.4) is 0 Å². The number of hydrogen-bond donors (Lipinski definition) is 3. The molecular formula is C26H23F2N3O4S. The Kier molecular flexibility index (Phi) is 6.01. The molecule has 3 N–H and O–H groups in total. The van der Waals surface area contributed by atoms with E-state index in [9.17, 15) is 27.1 Å². The van der Waals surface area contributed by atoms with Crippen molar-refractivity contribution in [2.24, 2.45) is 0 Å². The quantitative estimate of drug-likeness (QED) is 0.471. The molecular weight excluding hydrogens is 488 g/mol. The fourth-order valence-corrected chi connectivity index (χ4v) is 5.41. The van der Waals surface area contributed by atoms with E-state index >= 15 is 0 Å². The molecule has 36 heavy (non-hydrogen) atoms. The maximum Gasteiger partial charge on any atom is 0.282 e. The summed E-state index contributed by atoms with van der Waals surface area (Å²) >= 11 is 0. The van der Waals surface area contributed by atoms with Crippen LogP contribution in [-0.4, -0.2) is 30.2 Å². The average Bonchev–Trinajstić information content (AvgIpc) is 3.44. The summed E-state index contributed by atoms with van der Waals surface area (Å²) in [6.45, 7) is 2.99. The number of carbonyl (C=O) groups is 1. The van der Waals surface area contributed by atoms with Crippen molar-refractivity contribution in [2.75, 3.05) is 0 Å². The lowest BCUT2D eigenvalue weighted by Crippen LogP contribution is -2.33. The number of hydrogen-bond acceptors (Lipinski definition) is 5. The van der Waals surface area contributed by atoms with Gasteiger partial charge < -0.3 is 15.0 Å². The third kappa shape index (κ3) is 4.12. The summed E-state index contributed by atoms with van der Waals surface area (Å²) in [6.07, 6.45) is 6.10. The van der Waals surface area contributed by atoms with Gasteiger partial charge >= 0.3 is 0 Å². The fourth-order valence-electron chi connectivity index (χ4n) is 4.97. The monoisotopic (exact) mass is 511 g/mol. The van der Waals surface area contributed by atoms with Gasteiger partial charge in [-0.2, -0.15) is 0 Å². The number of dihydropyridines is 1. The zero-order valence-corrected chi connectivity index (χ0v) is 19.9. The van der Waals surface area contributed by atoms with Gasteiger partial charge in [0.15, 0.2) is 6.23 Å². The number of rotatable bonds is 6. The smallest absolute Gasteiger partial charge is 0.282 e. The van der Waals surface area contributed by atoms with Crippen LogP contribution in [0, 0.1) is 11.6 Å². The summed E-state index contributed by atoms with van der Waals surface area (Å²) in [6, 6.07) is 6.75. The average molecular weight is 512 g/mol. The number of aromatic nitrogens is 1. The number of nitrogens with one attached hydrogen (secondary N) is 2. The van der Waals surface area contributed by atoms with Crippen molar-refractivity contribution in [3.8, 4) is 0 Å². The molecule has 2 heterocycles. The molecule has 7 nitrogen and oxygen atoms in total. The summed E-state index contributed by atoms with van der Waals surface area (Å²) in [5, 5.41) is 14.8. The Balaban J connectivity index is 1.86. The molecule has 1 aliphatic carbocycles. The van der Waals surface area contributed by atoms with Crippen LogP contribution in [0.2, 0.25) is 0 Å². The highest BCUT2D eigenvalue weighted by Gasteiger charge is 2.32. The molecule has 0 saturated heterocycles. The third-order valence-electron chi connectivity index (χ3n) is 6.52. The van der Waals surface area contributed by atoms with E-state index in [0.29, 0.717) is 27.4 Å². The lowest BCUT2D eigenvalue weighted by molar-refractivity contribution is 0.0973. The summed E-state index contributed by atoms with van der Waals surface area (Å²) in [5.41, 5.74) is 3.17. The Morgan fingerprint density at radius 2 is 2.06 bits per heavy atom. The number of carbonyl (C=O) groups excluding carboxylic acids is 1.